The quantitative estimate of drug-likeness (QED) is 0.398. The van der Waals surface area contributed by atoms with Crippen molar-refractivity contribution in [1.82, 2.24) is 0 Å². The van der Waals surface area contributed by atoms with Crippen molar-refractivity contribution >= 4 is 37.7 Å². The van der Waals surface area contributed by atoms with Crippen LogP contribution in [0.2, 0.25) is 0 Å². The van der Waals surface area contributed by atoms with E-state index in [0.29, 0.717) is 0 Å². The van der Waals surface area contributed by atoms with E-state index in [1.54, 1.807) is 0 Å². The Labute approximate surface area is 67.9 Å². The Morgan fingerprint density at radius 1 is 1.00 bits per heavy atom. The standard InChI is InChI=1S/C5H6.Ca.2H/c1-2-4-5-3-1;;;/h1-4H,5H2;;;. The van der Waals surface area contributed by atoms with Gasteiger partial charge in [-0.05, 0) is 6.42 Å². The number of hydrogen-bond donors (Lipinski definition) is 0. The van der Waals surface area contributed by atoms with Gasteiger partial charge in [0.1, 0.15) is 0 Å². The van der Waals surface area contributed by atoms with Crippen molar-refractivity contribution in [3.63, 3.8) is 0 Å². The van der Waals surface area contributed by atoms with E-state index in [1.807, 2.05) is 0 Å². The van der Waals surface area contributed by atoms with Crippen LogP contribution < -0.4 is 0 Å². The third kappa shape index (κ3) is 2.01. The number of allylic oxidation sites excluding steroid dienone is 4. The molecule has 0 saturated heterocycles. The summed E-state index contributed by atoms with van der Waals surface area (Å²) >= 11 is 0. The van der Waals surface area contributed by atoms with Crippen LogP contribution in [0, 0.1) is 0 Å². The van der Waals surface area contributed by atoms with Crippen LogP contribution in [0.15, 0.2) is 24.3 Å². The average molecular weight is 108 g/mol. The molecule has 1 rings (SSSR count). The van der Waals surface area contributed by atoms with E-state index in [-0.39, 0.29) is 37.7 Å². The summed E-state index contributed by atoms with van der Waals surface area (Å²) in [6.07, 6.45) is 9.50. The molecular formula is C5H8Ca. The molecule has 0 aromatic rings. The average Bonchev–Trinajstić information content (AvgIpc) is 1.76. The molecule has 30 valence electrons. The third-order valence-corrected chi connectivity index (χ3v) is 0.655. The van der Waals surface area contributed by atoms with Gasteiger partial charge in [-0.3, -0.25) is 0 Å². The molecule has 0 spiro atoms. The first kappa shape index (κ1) is 6.74. The van der Waals surface area contributed by atoms with Gasteiger partial charge in [0.2, 0.25) is 0 Å². The molecular weight excluding hydrogens is 100 g/mol. The van der Waals surface area contributed by atoms with Gasteiger partial charge in [0.15, 0.2) is 0 Å². The first-order valence-corrected chi connectivity index (χ1v) is 1.82. The molecule has 1 aliphatic rings. The minimum absolute atomic E-state index is 0. The van der Waals surface area contributed by atoms with Crippen LogP contribution in [-0.4, -0.2) is 37.7 Å². The van der Waals surface area contributed by atoms with Crippen molar-refractivity contribution in [2.45, 2.75) is 6.42 Å². The normalized spacial score (nSPS) is 14.7. The summed E-state index contributed by atoms with van der Waals surface area (Å²) in [6.45, 7) is 0. The monoisotopic (exact) mass is 108 g/mol. The zero-order valence-corrected chi connectivity index (χ0v) is 3.02. The Morgan fingerprint density at radius 3 is 1.67 bits per heavy atom. The summed E-state index contributed by atoms with van der Waals surface area (Å²) in [5.41, 5.74) is 0. The molecule has 0 saturated carbocycles. The van der Waals surface area contributed by atoms with Crippen molar-refractivity contribution in [3.05, 3.63) is 24.3 Å². The van der Waals surface area contributed by atoms with Gasteiger partial charge in [-0.1, -0.05) is 24.3 Å². The molecule has 0 nitrogen and oxygen atoms in total. The summed E-state index contributed by atoms with van der Waals surface area (Å²) < 4.78 is 0. The van der Waals surface area contributed by atoms with Crippen LogP contribution in [0.4, 0.5) is 0 Å². The van der Waals surface area contributed by atoms with E-state index in [2.05, 4.69) is 24.3 Å². The predicted octanol–water partition coefficient (Wildman–Crippen LogP) is 0.586. The van der Waals surface area contributed by atoms with E-state index in [0.717, 1.165) is 6.42 Å². The maximum atomic E-state index is 2.12. The molecule has 0 heterocycles. The molecule has 0 radical (unpaired) electrons. The van der Waals surface area contributed by atoms with Crippen LogP contribution in [0.1, 0.15) is 6.42 Å². The van der Waals surface area contributed by atoms with Gasteiger partial charge >= 0.3 is 37.7 Å². The van der Waals surface area contributed by atoms with Crippen LogP contribution >= 0.6 is 0 Å². The summed E-state index contributed by atoms with van der Waals surface area (Å²) in [5.74, 6) is 0. The molecule has 0 N–H and O–H groups in total. The van der Waals surface area contributed by atoms with E-state index in [4.69, 9.17) is 0 Å². The maximum absolute atomic E-state index is 2.12. The van der Waals surface area contributed by atoms with Crippen molar-refractivity contribution < 1.29 is 0 Å². The van der Waals surface area contributed by atoms with E-state index >= 15 is 0 Å². The Bertz CT molecular complexity index is 62.0. The second kappa shape index (κ2) is 3.91. The fraction of sp³-hybridized carbons (Fsp3) is 0.200. The number of hydrogen-bond acceptors (Lipinski definition) is 0. The molecule has 0 atom stereocenters. The zero-order valence-electron chi connectivity index (χ0n) is 3.02. The zero-order chi connectivity index (χ0) is 3.54. The second-order valence-corrected chi connectivity index (χ2v) is 1.09. The molecule has 6 heavy (non-hydrogen) atoms. The predicted molar refractivity (Wildman–Crippen MR) is 31.4 cm³/mol. The SMILES string of the molecule is C1=CCC=C1.[CaH2]. The second-order valence-electron chi connectivity index (χ2n) is 1.09. The molecule has 0 aromatic heterocycles. The van der Waals surface area contributed by atoms with Crippen molar-refractivity contribution in [3.8, 4) is 0 Å². The van der Waals surface area contributed by atoms with Gasteiger partial charge in [0.05, 0.1) is 0 Å². The topological polar surface area (TPSA) is 0 Å². The fourth-order valence-electron chi connectivity index (χ4n) is 0.393. The van der Waals surface area contributed by atoms with Gasteiger partial charge < -0.3 is 0 Å². The van der Waals surface area contributed by atoms with Gasteiger partial charge in [0, 0.05) is 0 Å². The van der Waals surface area contributed by atoms with Crippen molar-refractivity contribution in [2.24, 2.45) is 0 Å². The van der Waals surface area contributed by atoms with E-state index < -0.39 is 0 Å². The molecule has 0 bridgehead atoms. The summed E-state index contributed by atoms with van der Waals surface area (Å²) in [5, 5.41) is 0. The first-order valence-electron chi connectivity index (χ1n) is 1.82. The first-order chi connectivity index (χ1) is 2.50. The van der Waals surface area contributed by atoms with Gasteiger partial charge in [-0.15, -0.1) is 0 Å². The Kier molecular flexibility index (Phi) is 4.40. The van der Waals surface area contributed by atoms with Gasteiger partial charge in [-0.25, -0.2) is 0 Å². The van der Waals surface area contributed by atoms with Crippen molar-refractivity contribution in [2.75, 3.05) is 0 Å². The van der Waals surface area contributed by atoms with Crippen molar-refractivity contribution in [1.29, 1.82) is 0 Å². The Balaban J connectivity index is 0.000000250. The van der Waals surface area contributed by atoms with Crippen LogP contribution in [0.25, 0.3) is 0 Å². The molecule has 1 aliphatic carbocycles. The van der Waals surface area contributed by atoms with Gasteiger partial charge in [0.25, 0.3) is 0 Å². The van der Waals surface area contributed by atoms with Crippen LogP contribution in [0.5, 0.6) is 0 Å². The fourth-order valence-corrected chi connectivity index (χ4v) is 0.393. The summed E-state index contributed by atoms with van der Waals surface area (Å²) in [6, 6.07) is 0. The molecule has 0 unspecified atom stereocenters. The van der Waals surface area contributed by atoms with Gasteiger partial charge in [-0.2, -0.15) is 0 Å². The minimum atomic E-state index is 0. The molecule has 0 fully saturated rings. The Hall–Kier alpha value is 0.740. The van der Waals surface area contributed by atoms with E-state index in [9.17, 15) is 0 Å². The molecule has 1 heteroatoms. The van der Waals surface area contributed by atoms with Crippen LogP contribution in [0.3, 0.4) is 0 Å². The molecule has 0 amide bonds. The Morgan fingerprint density at radius 2 is 1.50 bits per heavy atom. The van der Waals surface area contributed by atoms with E-state index in [1.165, 1.54) is 0 Å². The summed E-state index contributed by atoms with van der Waals surface area (Å²) in [7, 11) is 0. The number of rotatable bonds is 0. The molecule has 0 aliphatic heterocycles. The third-order valence-electron chi connectivity index (χ3n) is 0.655. The summed E-state index contributed by atoms with van der Waals surface area (Å²) in [4.78, 5) is 0. The molecule has 0 aromatic carbocycles. The van der Waals surface area contributed by atoms with Crippen LogP contribution in [-0.2, 0) is 0 Å².